The molecule has 0 aromatic rings. The van der Waals surface area contributed by atoms with Crippen LogP contribution in [-0.2, 0) is 9.53 Å². The Balaban J connectivity index is 4.04. The van der Waals surface area contributed by atoms with E-state index in [0.29, 0.717) is 24.0 Å². The molecular weight excluding hydrogens is 512 g/mol. The standard InChI is InChI=1S/C40H78O2/c1-7-9-11-13-15-17-19-21-23-25-27-30-37(5)32-29-33-39(35-42-40(41)36(3)4)34-38(6)31-28-26-24-22-20-18-16-14-12-10-8-2/h37-39H,3,7-35H2,1-2,4-6H3. The van der Waals surface area contributed by atoms with E-state index in [1.807, 2.05) is 0 Å². The van der Waals surface area contributed by atoms with Gasteiger partial charge in [0.15, 0.2) is 0 Å². The molecule has 0 bridgehead atoms. The van der Waals surface area contributed by atoms with Crippen molar-refractivity contribution >= 4 is 5.97 Å². The van der Waals surface area contributed by atoms with Gasteiger partial charge in [0.2, 0.25) is 0 Å². The van der Waals surface area contributed by atoms with Gasteiger partial charge in [0.05, 0.1) is 6.61 Å². The van der Waals surface area contributed by atoms with E-state index in [0.717, 1.165) is 5.92 Å². The quantitative estimate of drug-likeness (QED) is 0.0431. The molecule has 2 nitrogen and oxygen atoms in total. The predicted octanol–water partition coefficient (Wildman–Crippen LogP) is 14.0. The first-order valence-corrected chi connectivity index (χ1v) is 19.2. The average Bonchev–Trinajstić information content (AvgIpc) is 2.97. The monoisotopic (exact) mass is 591 g/mol. The van der Waals surface area contributed by atoms with Gasteiger partial charge in [-0.25, -0.2) is 4.79 Å². The second-order valence-electron chi connectivity index (χ2n) is 14.3. The van der Waals surface area contributed by atoms with E-state index < -0.39 is 0 Å². The van der Waals surface area contributed by atoms with Crippen LogP contribution >= 0.6 is 0 Å². The number of hydrogen-bond acceptors (Lipinski definition) is 2. The van der Waals surface area contributed by atoms with Crippen molar-refractivity contribution in [1.29, 1.82) is 0 Å². The fourth-order valence-electron chi connectivity index (χ4n) is 6.49. The molecule has 0 heterocycles. The molecule has 0 aliphatic rings. The van der Waals surface area contributed by atoms with Crippen molar-refractivity contribution in [3.05, 3.63) is 12.2 Å². The van der Waals surface area contributed by atoms with Crippen molar-refractivity contribution in [2.24, 2.45) is 17.8 Å². The smallest absolute Gasteiger partial charge is 0.333 e. The zero-order chi connectivity index (χ0) is 31.1. The second-order valence-corrected chi connectivity index (χ2v) is 14.3. The molecule has 0 aliphatic heterocycles. The Labute approximate surface area is 266 Å². The first-order valence-electron chi connectivity index (χ1n) is 19.2. The third kappa shape index (κ3) is 29.3. The van der Waals surface area contributed by atoms with Crippen LogP contribution in [0.1, 0.15) is 214 Å². The van der Waals surface area contributed by atoms with Gasteiger partial charge in [-0.15, -0.1) is 0 Å². The SMILES string of the molecule is C=C(C)C(=O)OCC(CCCC(C)CCCCCCCCCCCCC)CC(C)CCCCCCCCCCCCC. The van der Waals surface area contributed by atoms with E-state index >= 15 is 0 Å². The number of ether oxygens (including phenoxy) is 1. The Morgan fingerprint density at radius 3 is 1.29 bits per heavy atom. The molecule has 3 atom stereocenters. The van der Waals surface area contributed by atoms with Crippen molar-refractivity contribution in [3.63, 3.8) is 0 Å². The minimum absolute atomic E-state index is 0.220. The maximum Gasteiger partial charge on any atom is 0.333 e. The largest absolute Gasteiger partial charge is 0.462 e. The Hall–Kier alpha value is -0.790. The number of unbranched alkanes of at least 4 members (excludes halogenated alkanes) is 20. The van der Waals surface area contributed by atoms with E-state index in [-0.39, 0.29) is 5.97 Å². The van der Waals surface area contributed by atoms with E-state index in [1.165, 1.54) is 180 Å². The molecule has 0 aromatic carbocycles. The van der Waals surface area contributed by atoms with E-state index in [1.54, 1.807) is 6.92 Å². The highest BCUT2D eigenvalue weighted by Crippen LogP contribution is 2.26. The predicted molar refractivity (Wildman–Crippen MR) is 188 cm³/mol. The van der Waals surface area contributed by atoms with Crippen LogP contribution < -0.4 is 0 Å². The van der Waals surface area contributed by atoms with Crippen molar-refractivity contribution in [2.75, 3.05) is 6.61 Å². The summed E-state index contributed by atoms with van der Waals surface area (Å²) in [6.07, 6.45) is 38.8. The van der Waals surface area contributed by atoms with Gasteiger partial charge < -0.3 is 4.74 Å². The second kappa shape index (κ2) is 31.6. The molecule has 0 amide bonds. The third-order valence-electron chi connectivity index (χ3n) is 9.44. The highest BCUT2D eigenvalue weighted by atomic mass is 16.5. The number of rotatable bonds is 33. The van der Waals surface area contributed by atoms with Crippen molar-refractivity contribution in [1.82, 2.24) is 0 Å². The van der Waals surface area contributed by atoms with Crippen LogP contribution in [0.25, 0.3) is 0 Å². The molecule has 0 saturated carbocycles. The van der Waals surface area contributed by atoms with E-state index in [2.05, 4.69) is 34.3 Å². The summed E-state index contributed by atoms with van der Waals surface area (Å²) < 4.78 is 5.64. The van der Waals surface area contributed by atoms with Gasteiger partial charge in [0, 0.05) is 5.57 Å². The summed E-state index contributed by atoms with van der Waals surface area (Å²) in [6.45, 7) is 15.5. The Kier molecular flexibility index (Phi) is 31.0. The molecule has 0 aliphatic carbocycles. The zero-order valence-corrected chi connectivity index (χ0v) is 29.8. The Bertz CT molecular complexity index is 582. The minimum Gasteiger partial charge on any atom is -0.462 e. The number of carbonyl (C=O) groups is 1. The molecule has 0 rings (SSSR count). The lowest BCUT2D eigenvalue weighted by Crippen LogP contribution is -2.17. The number of esters is 1. The van der Waals surface area contributed by atoms with Crippen molar-refractivity contribution in [3.8, 4) is 0 Å². The molecule has 250 valence electrons. The summed E-state index contributed by atoms with van der Waals surface area (Å²) in [7, 11) is 0. The first-order chi connectivity index (χ1) is 20.4. The van der Waals surface area contributed by atoms with Crippen LogP contribution in [-0.4, -0.2) is 12.6 Å². The van der Waals surface area contributed by atoms with Crippen molar-refractivity contribution in [2.45, 2.75) is 214 Å². The van der Waals surface area contributed by atoms with Crippen LogP contribution in [0, 0.1) is 17.8 Å². The highest BCUT2D eigenvalue weighted by molar-refractivity contribution is 5.86. The van der Waals surface area contributed by atoms with E-state index in [9.17, 15) is 4.79 Å². The van der Waals surface area contributed by atoms with Gasteiger partial charge in [-0.05, 0) is 37.5 Å². The zero-order valence-electron chi connectivity index (χ0n) is 29.8. The molecule has 3 unspecified atom stereocenters. The molecule has 42 heavy (non-hydrogen) atoms. The first kappa shape index (κ1) is 41.2. The fourth-order valence-corrected chi connectivity index (χ4v) is 6.49. The van der Waals surface area contributed by atoms with Crippen LogP contribution in [0.5, 0.6) is 0 Å². The average molecular weight is 591 g/mol. The third-order valence-corrected chi connectivity index (χ3v) is 9.44. The summed E-state index contributed by atoms with van der Waals surface area (Å²) in [5.41, 5.74) is 0.517. The summed E-state index contributed by atoms with van der Waals surface area (Å²) in [5, 5.41) is 0. The van der Waals surface area contributed by atoms with Crippen LogP contribution in [0.15, 0.2) is 12.2 Å². The lowest BCUT2D eigenvalue weighted by molar-refractivity contribution is -0.140. The molecular formula is C40H78O2. The normalized spacial score (nSPS) is 13.6. The Morgan fingerprint density at radius 2 is 0.881 bits per heavy atom. The van der Waals surface area contributed by atoms with Gasteiger partial charge in [-0.1, -0.05) is 201 Å². The Morgan fingerprint density at radius 1 is 0.524 bits per heavy atom. The molecule has 0 saturated heterocycles. The highest BCUT2D eigenvalue weighted by Gasteiger charge is 2.17. The van der Waals surface area contributed by atoms with Crippen LogP contribution in [0.2, 0.25) is 0 Å². The van der Waals surface area contributed by atoms with Gasteiger partial charge in [-0.3, -0.25) is 0 Å². The summed E-state index contributed by atoms with van der Waals surface area (Å²) in [6, 6.07) is 0. The minimum atomic E-state index is -0.220. The van der Waals surface area contributed by atoms with Crippen LogP contribution in [0.3, 0.4) is 0 Å². The summed E-state index contributed by atoms with van der Waals surface area (Å²) in [5.74, 6) is 1.80. The fraction of sp³-hybridized carbons (Fsp3) is 0.925. The van der Waals surface area contributed by atoms with Crippen molar-refractivity contribution < 1.29 is 9.53 Å². The van der Waals surface area contributed by atoms with Gasteiger partial charge in [-0.2, -0.15) is 0 Å². The maximum atomic E-state index is 12.1. The lowest BCUT2D eigenvalue weighted by atomic mass is 9.87. The molecule has 0 radical (unpaired) electrons. The van der Waals surface area contributed by atoms with E-state index in [4.69, 9.17) is 4.74 Å². The lowest BCUT2D eigenvalue weighted by Gasteiger charge is -2.22. The molecule has 0 spiro atoms. The molecule has 2 heteroatoms. The van der Waals surface area contributed by atoms with Gasteiger partial charge in [0.25, 0.3) is 0 Å². The summed E-state index contributed by atoms with van der Waals surface area (Å²) in [4.78, 5) is 12.1. The molecule has 0 fully saturated rings. The number of hydrogen-bond donors (Lipinski definition) is 0. The topological polar surface area (TPSA) is 26.3 Å². The summed E-state index contributed by atoms with van der Waals surface area (Å²) >= 11 is 0. The molecule has 0 N–H and O–H groups in total. The number of carbonyl (C=O) groups excluding carboxylic acids is 1. The molecule has 0 aromatic heterocycles. The van der Waals surface area contributed by atoms with Crippen LogP contribution in [0.4, 0.5) is 0 Å². The van der Waals surface area contributed by atoms with Gasteiger partial charge >= 0.3 is 5.97 Å². The maximum absolute atomic E-state index is 12.1. The van der Waals surface area contributed by atoms with Gasteiger partial charge in [0.1, 0.15) is 0 Å².